The lowest BCUT2D eigenvalue weighted by Gasteiger charge is -2.39. The van der Waals surface area contributed by atoms with Gasteiger partial charge in [0, 0.05) is 35.7 Å². The summed E-state index contributed by atoms with van der Waals surface area (Å²) >= 11 is 1.97. The number of thioether (sulfide) groups is 1. The summed E-state index contributed by atoms with van der Waals surface area (Å²) in [5.41, 5.74) is 6.83. The van der Waals surface area contributed by atoms with Gasteiger partial charge in [-0.1, -0.05) is 25.1 Å². The molecule has 1 aliphatic heterocycles. The molecule has 2 N–H and O–H groups in total. The Morgan fingerprint density at radius 3 is 2.78 bits per heavy atom. The smallest absolute Gasteiger partial charge is 0.128 e. The van der Waals surface area contributed by atoms with Gasteiger partial charge in [0.15, 0.2) is 0 Å². The Morgan fingerprint density at radius 1 is 1.44 bits per heavy atom. The first kappa shape index (κ1) is 13.8. The molecular formula is C14H21FN2S. The Labute approximate surface area is 113 Å². The van der Waals surface area contributed by atoms with E-state index in [0.29, 0.717) is 5.25 Å². The SMILES string of the molecule is CC1CN(C(c2ccccc2F)C(C)N)CCS1. The van der Waals surface area contributed by atoms with E-state index >= 15 is 0 Å². The van der Waals surface area contributed by atoms with Gasteiger partial charge in [-0.3, -0.25) is 4.90 Å². The van der Waals surface area contributed by atoms with E-state index < -0.39 is 0 Å². The second-order valence-electron chi connectivity index (χ2n) is 5.00. The minimum Gasteiger partial charge on any atom is -0.326 e. The van der Waals surface area contributed by atoms with Crippen LogP contribution in [0.15, 0.2) is 24.3 Å². The topological polar surface area (TPSA) is 29.3 Å². The van der Waals surface area contributed by atoms with Gasteiger partial charge in [-0.05, 0) is 13.0 Å². The number of rotatable bonds is 3. The molecule has 1 aromatic carbocycles. The van der Waals surface area contributed by atoms with Gasteiger partial charge in [-0.25, -0.2) is 4.39 Å². The quantitative estimate of drug-likeness (QED) is 0.914. The van der Waals surface area contributed by atoms with Crippen LogP contribution >= 0.6 is 11.8 Å². The summed E-state index contributed by atoms with van der Waals surface area (Å²) < 4.78 is 14.0. The van der Waals surface area contributed by atoms with E-state index in [9.17, 15) is 4.39 Å². The number of hydrogen-bond donors (Lipinski definition) is 1. The summed E-state index contributed by atoms with van der Waals surface area (Å²) in [5, 5.41) is 0.590. The molecule has 3 atom stereocenters. The van der Waals surface area contributed by atoms with Crippen molar-refractivity contribution < 1.29 is 4.39 Å². The number of halogens is 1. The minimum atomic E-state index is -0.148. The van der Waals surface area contributed by atoms with Crippen molar-refractivity contribution in [2.24, 2.45) is 5.73 Å². The van der Waals surface area contributed by atoms with E-state index in [4.69, 9.17) is 5.73 Å². The zero-order valence-electron chi connectivity index (χ0n) is 11.0. The molecule has 1 saturated heterocycles. The van der Waals surface area contributed by atoms with Crippen LogP contribution in [0.3, 0.4) is 0 Å². The predicted octanol–water partition coefficient (Wildman–Crippen LogP) is 2.65. The summed E-state index contributed by atoms with van der Waals surface area (Å²) in [5.74, 6) is 0.949. The Bertz CT molecular complexity index is 397. The Morgan fingerprint density at radius 2 is 2.17 bits per heavy atom. The highest BCUT2D eigenvalue weighted by Crippen LogP contribution is 2.30. The van der Waals surface area contributed by atoms with Crippen LogP contribution in [-0.2, 0) is 0 Å². The molecule has 1 heterocycles. The van der Waals surface area contributed by atoms with Crippen molar-refractivity contribution >= 4 is 11.8 Å². The number of hydrogen-bond acceptors (Lipinski definition) is 3. The Balaban J connectivity index is 2.26. The summed E-state index contributed by atoms with van der Waals surface area (Å²) in [6, 6.07) is 6.90. The van der Waals surface area contributed by atoms with Crippen molar-refractivity contribution in [2.75, 3.05) is 18.8 Å². The van der Waals surface area contributed by atoms with Crippen LogP contribution < -0.4 is 5.73 Å². The highest BCUT2D eigenvalue weighted by Gasteiger charge is 2.29. The molecule has 0 aliphatic carbocycles. The van der Waals surface area contributed by atoms with E-state index in [2.05, 4.69) is 11.8 Å². The molecule has 1 aliphatic rings. The van der Waals surface area contributed by atoms with Gasteiger partial charge in [0.1, 0.15) is 5.82 Å². The van der Waals surface area contributed by atoms with Gasteiger partial charge in [-0.15, -0.1) is 0 Å². The van der Waals surface area contributed by atoms with Crippen molar-refractivity contribution in [3.8, 4) is 0 Å². The summed E-state index contributed by atoms with van der Waals surface area (Å²) in [4.78, 5) is 2.32. The monoisotopic (exact) mass is 268 g/mol. The molecule has 18 heavy (non-hydrogen) atoms. The van der Waals surface area contributed by atoms with Gasteiger partial charge in [0.25, 0.3) is 0 Å². The van der Waals surface area contributed by atoms with Crippen molar-refractivity contribution in [1.82, 2.24) is 4.90 Å². The average molecular weight is 268 g/mol. The molecular weight excluding hydrogens is 247 g/mol. The van der Waals surface area contributed by atoms with Gasteiger partial charge in [0.05, 0.1) is 6.04 Å². The molecule has 0 radical (unpaired) electrons. The van der Waals surface area contributed by atoms with Crippen molar-refractivity contribution in [2.45, 2.75) is 31.2 Å². The zero-order chi connectivity index (χ0) is 13.1. The van der Waals surface area contributed by atoms with Crippen molar-refractivity contribution in [1.29, 1.82) is 0 Å². The first-order chi connectivity index (χ1) is 8.59. The summed E-state index contributed by atoms with van der Waals surface area (Å²) in [6.45, 7) is 6.14. The summed E-state index contributed by atoms with van der Waals surface area (Å²) in [7, 11) is 0. The highest BCUT2D eigenvalue weighted by molar-refractivity contribution is 7.99. The molecule has 0 aromatic heterocycles. The maximum Gasteiger partial charge on any atom is 0.128 e. The third-order valence-corrected chi connectivity index (χ3v) is 4.52. The Hall–Kier alpha value is -0.580. The van der Waals surface area contributed by atoms with E-state index in [1.807, 2.05) is 30.8 Å². The van der Waals surface area contributed by atoms with Crippen LogP contribution in [-0.4, -0.2) is 35.0 Å². The maximum absolute atomic E-state index is 14.0. The molecule has 1 aromatic rings. The van der Waals surface area contributed by atoms with Crippen LogP contribution in [0, 0.1) is 5.82 Å². The first-order valence-corrected chi connectivity index (χ1v) is 7.50. The van der Waals surface area contributed by atoms with Gasteiger partial charge in [0.2, 0.25) is 0 Å². The molecule has 0 saturated carbocycles. The largest absolute Gasteiger partial charge is 0.326 e. The standard InChI is InChI=1S/C14H21FN2S/c1-10-9-17(7-8-18-10)14(11(2)16)12-5-3-4-6-13(12)15/h3-6,10-11,14H,7-9,16H2,1-2H3. The van der Waals surface area contributed by atoms with E-state index in [1.54, 1.807) is 6.07 Å². The van der Waals surface area contributed by atoms with Crippen LogP contribution in [0.5, 0.6) is 0 Å². The van der Waals surface area contributed by atoms with Gasteiger partial charge >= 0.3 is 0 Å². The summed E-state index contributed by atoms with van der Waals surface area (Å²) in [6.07, 6.45) is 0. The lowest BCUT2D eigenvalue weighted by atomic mass is 9.98. The number of nitrogens with two attached hydrogens (primary N) is 1. The predicted molar refractivity (Wildman–Crippen MR) is 76.3 cm³/mol. The third-order valence-electron chi connectivity index (χ3n) is 3.39. The third kappa shape index (κ3) is 3.05. The minimum absolute atomic E-state index is 0.0189. The fourth-order valence-electron chi connectivity index (χ4n) is 2.63. The molecule has 0 amide bonds. The van der Waals surface area contributed by atoms with Crippen LogP contribution in [0.25, 0.3) is 0 Å². The van der Waals surface area contributed by atoms with Crippen LogP contribution in [0.1, 0.15) is 25.5 Å². The molecule has 100 valence electrons. The molecule has 2 nitrogen and oxygen atoms in total. The molecule has 3 unspecified atom stereocenters. The fraction of sp³-hybridized carbons (Fsp3) is 0.571. The highest BCUT2D eigenvalue weighted by atomic mass is 32.2. The first-order valence-electron chi connectivity index (χ1n) is 6.45. The van der Waals surface area contributed by atoms with E-state index in [1.165, 1.54) is 6.07 Å². The van der Waals surface area contributed by atoms with Crippen molar-refractivity contribution in [3.63, 3.8) is 0 Å². The molecule has 0 bridgehead atoms. The number of benzene rings is 1. The number of nitrogens with zero attached hydrogens (tertiary/aromatic N) is 1. The average Bonchev–Trinajstić information content (AvgIpc) is 2.32. The normalized spacial score (nSPS) is 24.8. The molecule has 0 spiro atoms. The van der Waals surface area contributed by atoms with Crippen LogP contribution in [0.4, 0.5) is 4.39 Å². The van der Waals surface area contributed by atoms with Gasteiger partial charge < -0.3 is 5.73 Å². The second kappa shape index (κ2) is 6.04. The second-order valence-corrected chi connectivity index (χ2v) is 6.55. The van der Waals surface area contributed by atoms with Crippen LogP contribution in [0.2, 0.25) is 0 Å². The molecule has 2 rings (SSSR count). The van der Waals surface area contributed by atoms with E-state index in [0.717, 1.165) is 24.4 Å². The molecule has 1 fully saturated rings. The zero-order valence-corrected chi connectivity index (χ0v) is 11.8. The molecule has 4 heteroatoms. The lowest BCUT2D eigenvalue weighted by molar-refractivity contribution is 0.180. The lowest BCUT2D eigenvalue weighted by Crippen LogP contribution is -2.45. The van der Waals surface area contributed by atoms with E-state index in [-0.39, 0.29) is 17.9 Å². The maximum atomic E-state index is 14.0. The van der Waals surface area contributed by atoms with Crippen molar-refractivity contribution in [3.05, 3.63) is 35.6 Å². The Kier molecular flexibility index (Phi) is 4.65. The fourth-order valence-corrected chi connectivity index (χ4v) is 3.66. The van der Waals surface area contributed by atoms with Gasteiger partial charge in [-0.2, -0.15) is 11.8 Å².